The number of amides is 3. The second-order valence-corrected chi connectivity index (χ2v) is 11.0. The number of nitrogens with zero attached hydrogens (tertiary/aromatic N) is 2. The molecule has 0 saturated carbocycles. The Morgan fingerprint density at radius 2 is 1.52 bits per heavy atom. The summed E-state index contributed by atoms with van der Waals surface area (Å²) in [6.07, 6.45) is 0.275. The lowest BCUT2D eigenvalue weighted by atomic mass is 10.0. The highest BCUT2D eigenvalue weighted by atomic mass is 35.5. The van der Waals surface area contributed by atoms with Crippen LogP contribution in [0.4, 0.5) is 5.69 Å². The first-order valence-electron chi connectivity index (χ1n) is 13.1. The number of carbonyl (C=O) groups excluding carboxylic acids is 3. The number of hydrogen-bond acceptors (Lipinski definition) is 3. The maximum atomic E-state index is 14.2. The van der Waals surface area contributed by atoms with Crippen molar-refractivity contribution in [1.82, 2.24) is 10.2 Å². The highest BCUT2D eigenvalue weighted by Crippen LogP contribution is 2.37. The first-order valence-corrected chi connectivity index (χ1v) is 13.9. The van der Waals surface area contributed by atoms with Crippen LogP contribution in [0.3, 0.4) is 0 Å². The average Bonchev–Trinajstić information content (AvgIpc) is 3.20. The van der Waals surface area contributed by atoms with Crippen LogP contribution in [0.5, 0.6) is 0 Å². The van der Waals surface area contributed by atoms with Gasteiger partial charge in [0.25, 0.3) is 5.91 Å². The molecule has 0 saturated heterocycles. The normalized spacial score (nSPS) is 13.1. The summed E-state index contributed by atoms with van der Waals surface area (Å²) in [5, 5.41) is 5.50. The molecule has 1 heterocycles. The van der Waals surface area contributed by atoms with Crippen LogP contribution < -0.4 is 10.2 Å². The number of nitrogens with one attached hydrogen (secondary N) is 1. The van der Waals surface area contributed by atoms with Crippen molar-refractivity contribution < 1.29 is 14.4 Å². The van der Waals surface area contributed by atoms with Gasteiger partial charge in [0.05, 0.1) is 5.69 Å². The molecule has 5 rings (SSSR count). The van der Waals surface area contributed by atoms with Gasteiger partial charge in [-0.15, -0.1) is 0 Å². The molecule has 0 aromatic heterocycles. The van der Waals surface area contributed by atoms with Gasteiger partial charge in [0, 0.05) is 45.6 Å². The Kier molecular flexibility index (Phi) is 8.10. The van der Waals surface area contributed by atoms with Gasteiger partial charge < -0.3 is 10.2 Å². The van der Waals surface area contributed by atoms with Crippen molar-refractivity contribution in [2.24, 2.45) is 0 Å². The Bertz CT molecular complexity index is 1560. The van der Waals surface area contributed by atoms with Crippen molar-refractivity contribution in [3.05, 3.63) is 112 Å². The first kappa shape index (κ1) is 27.7. The Hall–Kier alpha value is -3.87. The van der Waals surface area contributed by atoms with E-state index in [0.717, 1.165) is 16.3 Å². The number of rotatable bonds is 9. The lowest BCUT2D eigenvalue weighted by molar-refractivity contribution is -0.140. The summed E-state index contributed by atoms with van der Waals surface area (Å²) in [4.78, 5) is 44.3. The van der Waals surface area contributed by atoms with E-state index in [4.69, 9.17) is 23.2 Å². The highest BCUT2D eigenvalue weighted by Gasteiger charge is 2.36. The SMILES string of the molecule is CC(C)NC(=O)[C@H](Cc1ccccc1)N(Cc1c(Cl)cccc1Cl)C(=O)CN1C(=O)c2cccc3cccc1c23. The van der Waals surface area contributed by atoms with Crippen molar-refractivity contribution in [3.8, 4) is 0 Å². The van der Waals surface area contributed by atoms with E-state index in [1.165, 1.54) is 9.80 Å². The lowest BCUT2D eigenvalue weighted by Crippen LogP contribution is -2.54. The summed E-state index contributed by atoms with van der Waals surface area (Å²) in [7, 11) is 0. The molecule has 0 radical (unpaired) electrons. The molecule has 0 unspecified atom stereocenters. The minimum absolute atomic E-state index is 0.000462. The van der Waals surface area contributed by atoms with Crippen LogP contribution >= 0.6 is 23.2 Å². The van der Waals surface area contributed by atoms with Gasteiger partial charge in [0.15, 0.2) is 0 Å². The number of halogens is 2. The zero-order chi connectivity index (χ0) is 28.4. The van der Waals surface area contributed by atoms with Crippen LogP contribution in [-0.4, -0.2) is 41.2 Å². The minimum Gasteiger partial charge on any atom is -0.352 e. The van der Waals surface area contributed by atoms with Gasteiger partial charge in [-0.2, -0.15) is 0 Å². The molecule has 0 fully saturated rings. The van der Waals surface area contributed by atoms with E-state index in [2.05, 4.69) is 5.32 Å². The van der Waals surface area contributed by atoms with Crippen molar-refractivity contribution in [2.45, 2.75) is 38.9 Å². The zero-order valence-corrected chi connectivity index (χ0v) is 23.7. The monoisotopic (exact) mass is 573 g/mol. The molecular weight excluding hydrogens is 545 g/mol. The first-order chi connectivity index (χ1) is 19.2. The van der Waals surface area contributed by atoms with Crippen molar-refractivity contribution in [1.29, 1.82) is 0 Å². The molecule has 1 aliphatic heterocycles. The molecule has 1 aliphatic rings. The van der Waals surface area contributed by atoms with E-state index in [9.17, 15) is 14.4 Å². The van der Waals surface area contributed by atoms with E-state index in [-0.39, 0.29) is 37.4 Å². The van der Waals surface area contributed by atoms with E-state index in [1.807, 2.05) is 74.5 Å². The maximum Gasteiger partial charge on any atom is 0.259 e. The minimum atomic E-state index is -0.875. The second kappa shape index (κ2) is 11.7. The molecule has 1 N–H and O–H groups in total. The second-order valence-electron chi connectivity index (χ2n) is 10.2. The molecule has 0 spiro atoms. The van der Waals surface area contributed by atoms with Gasteiger partial charge in [-0.1, -0.05) is 83.9 Å². The van der Waals surface area contributed by atoms with Gasteiger partial charge in [0.2, 0.25) is 11.8 Å². The molecule has 4 aromatic rings. The molecule has 8 heteroatoms. The summed E-state index contributed by atoms with van der Waals surface area (Å²) >= 11 is 13.1. The predicted octanol–water partition coefficient (Wildman–Crippen LogP) is 6.27. The third-order valence-corrected chi connectivity index (χ3v) is 7.74. The molecule has 204 valence electrons. The maximum absolute atomic E-state index is 14.2. The van der Waals surface area contributed by atoms with E-state index >= 15 is 0 Å². The third-order valence-electron chi connectivity index (χ3n) is 7.03. The molecule has 6 nitrogen and oxygen atoms in total. The summed E-state index contributed by atoms with van der Waals surface area (Å²) in [5.74, 6) is -0.940. The van der Waals surface area contributed by atoms with E-state index in [0.29, 0.717) is 26.9 Å². The molecular formula is C32H29Cl2N3O3. The van der Waals surface area contributed by atoms with Gasteiger partial charge in [-0.05, 0) is 49.1 Å². The van der Waals surface area contributed by atoms with Gasteiger partial charge in [-0.25, -0.2) is 0 Å². The van der Waals surface area contributed by atoms with Gasteiger partial charge >= 0.3 is 0 Å². The molecule has 0 bridgehead atoms. The summed E-state index contributed by atoms with van der Waals surface area (Å²) in [6, 6.07) is 24.8. The number of benzene rings is 4. The fraction of sp³-hybridized carbons (Fsp3) is 0.219. The Morgan fingerprint density at radius 3 is 2.20 bits per heavy atom. The van der Waals surface area contributed by atoms with E-state index < -0.39 is 11.9 Å². The van der Waals surface area contributed by atoms with Gasteiger partial charge in [0.1, 0.15) is 12.6 Å². The molecule has 1 atom stereocenters. The van der Waals surface area contributed by atoms with Crippen molar-refractivity contribution >= 4 is 57.4 Å². The van der Waals surface area contributed by atoms with Crippen LogP contribution in [0.1, 0.15) is 35.3 Å². The number of carbonyl (C=O) groups is 3. The summed E-state index contributed by atoms with van der Waals surface area (Å²) in [5.41, 5.74) is 2.66. The van der Waals surface area contributed by atoms with E-state index in [1.54, 1.807) is 24.3 Å². The highest BCUT2D eigenvalue weighted by molar-refractivity contribution is 6.36. The predicted molar refractivity (Wildman–Crippen MR) is 160 cm³/mol. The number of hydrogen-bond donors (Lipinski definition) is 1. The van der Waals surface area contributed by atoms with Crippen molar-refractivity contribution in [2.75, 3.05) is 11.4 Å². The van der Waals surface area contributed by atoms with Crippen LogP contribution in [-0.2, 0) is 22.6 Å². The van der Waals surface area contributed by atoms with Gasteiger partial charge in [-0.3, -0.25) is 19.3 Å². The topological polar surface area (TPSA) is 69.7 Å². The average molecular weight is 575 g/mol. The molecule has 0 aliphatic carbocycles. The van der Waals surface area contributed by atoms with Crippen LogP contribution in [0.25, 0.3) is 10.8 Å². The Morgan fingerprint density at radius 1 is 0.875 bits per heavy atom. The zero-order valence-electron chi connectivity index (χ0n) is 22.2. The number of anilines is 1. The largest absolute Gasteiger partial charge is 0.352 e. The standard InChI is InChI=1S/C32H29Cl2N3O3/c1-20(2)35-31(39)28(17-21-9-4-3-5-10-21)36(18-24-25(33)14-8-15-26(24)34)29(38)19-37-27-16-7-12-22-11-6-13-23(30(22)27)32(37)40/h3-16,20,28H,17-19H2,1-2H3,(H,35,39)/t28-/m0/s1. The smallest absolute Gasteiger partial charge is 0.259 e. The van der Waals surface area contributed by atoms with Crippen molar-refractivity contribution in [3.63, 3.8) is 0 Å². The van der Waals surface area contributed by atoms with Crippen LogP contribution in [0.15, 0.2) is 84.9 Å². The fourth-order valence-electron chi connectivity index (χ4n) is 5.15. The molecule has 4 aromatic carbocycles. The van der Waals surface area contributed by atoms with Crippen LogP contribution in [0.2, 0.25) is 10.0 Å². The van der Waals surface area contributed by atoms with Crippen LogP contribution in [0, 0.1) is 0 Å². The lowest BCUT2D eigenvalue weighted by Gasteiger charge is -2.33. The quantitative estimate of drug-likeness (QED) is 0.256. The third kappa shape index (κ3) is 5.55. The Labute approximate surface area is 243 Å². The molecule has 40 heavy (non-hydrogen) atoms. The fourth-order valence-corrected chi connectivity index (χ4v) is 5.67. The Balaban J connectivity index is 1.54. The summed E-state index contributed by atoms with van der Waals surface area (Å²) < 4.78 is 0. The molecule has 3 amide bonds. The summed E-state index contributed by atoms with van der Waals surface area (Å²) in [6.45, 7) is 3.50.